The van der Waals surface area contributed by atoms with Crippen LogP contribution in [0.3, 0.4) is 0 Å². The molecular formula is C19H18F2N2O2. The largest absolute Gasteiger partial charge is 0.488 e. The summed E-state index contributed by atoms with van der Waals surface area (Å²) in [7, 11) is 0. The Labute approximate surface area is 144 Å². The first kappa shape index (κ1) is 16.0. The molecule has 1 aliphatic carbocycles. The van der Waals surface area contributed by atoms with E-state index >= 15 is 0 Å². The Kier molecular flexibility index (Phi) is 4.11. The molecule has 0 radical (unpaired) electrons. The van der Waals surface area contributed by atoms with Crippen molar-refractivity contribution in [3.05, 3.63) is 59.9 Å². The molecule has 0 bridgehead atoms. The van der Waals surface area contributed by atoms with Crippen molar-refractivity contribution in [2.24, 2.45) is 11.8 Å². The summed E-state index contributed by atoms with van der Waals surface area (Å²) >= 11 is 0. The van der Waals surface area contributed by atoms with Gasteiger partial charge in [0, 0.05) is 25.2 Å². The maximum atomic E-state index is 13.9. The molecule has 2 aliphatic rings. The van der Waals surface area contributed by atoms with Crippen LogP contribution in [0.4, 0.5) is 8.78 Å². The molecule has 0 spiro atoms. The van der Waals surface area contributed by atoms with Crippen LogP contribution in [-0.4, -0.2) is 35.0 Å². The van der Waals surface area contributed by atoms with Crippen LogP contribution in [0.5, 0.6) is 5.75 Å². The van der Waals surface area contributed by atoms with Crippen molar-refractivity contribution in [2.75, 3.05) is 13.1 Å². The van der Waals surface area contributed by atoms with Crippen LogP contribution >= 0.6 is 0 Å². The predicted molar refractivity (Wildman–Crippen MR) is 87.1 cm³/mol. The van der Waals surface area contributed by atoms with E-state index in [9.17, 15) is 13.6 Å². The number of carbonyl (C=O) groups excluding carboxylic acids is 1. The van der Waals surface area contributed by atoms with Crippen molar-refractivity contribution in [1.29, 1.82) is 0 Å². The molecule has 1 aromatic heterocycles. The Morgan fingerprint density at radius 3 is 2.64 bits per heavy atom. The van der Waals surface area contributed by atoms with Gasteiger partial charge in [-0.1, -0.05) is 6.07 Å². The van der Waals surface area contributed by atoms with Crippen LogP contribution < -0.4 is 4.74 Å². The maximum Gasteiger partial charge on any atom is 0.259 e. The molecule has 0 N–H and O–H groups in total. The van der Waals surface area contributed by atoms with E-state index < -0.39 is 23.1 Å². The first-order chi connectivity index (χ1) is 12.1. The second-order valence-electron chi connectivity index (χ2n) is 6.65. The quantitative estimate of drug-likeness (QED) is 0.858. The molecule has 1 saturated heterocycles. The minimum atomic E-state index is -0.815. The van der Waals surface area contributed by atoms with Gasteiger partial charge < -0.3 is 9.64 Å². The monoisotopic (exact) mass is 344 g/mol. The number of rotatable bonds is 3. The van der Waals surface area contributed by atoms with E-state index in [0.29, 0.717) is 24.8 Å². The Morgan fingerprint density at radius 2 is 1.92 bits per heavy atom. The zero-order valence-electron chi connectivity index (χ0n) is 13.6. The Bertz CT molecular complexity index is 764. The highest BCUT2D eigenvalue weighted by molar-refractivity contribution is 5.95. The second kappa shape index (κ2) is 6.43. The van der Waals surface area contributed by atoms with Crippen molar-refractivity contribution in [1.82, 2.24) is 9.88 Å². The average molecular weight is 344 g/mol. The predicted octanol–water partition coefficient (Wildman–Crippen LogP) is 3.29. The lowest BCUT2D eigenvalue weighted by Crippen LogP contribution is -2.33. The lowest BCUT2D eigenvalue weighted by atomic mass is 9.99. The third-order valence-corrected chi connectivity index (χ3v) is 5.18. The van der Waals surface area contributed by atoms with Crippen molar-refractivity contribution < 1.29 is 18.3 Å². The summed E-state index contributed by atoms with van der Waals surface area (Å²) < 4.78 is 33.8. The lowest BCUT2D eigenvalue weighted by Gasteiger charge is -2.22. The van der Waals surface area contributed by atoms with Gasteiger partial charge in [0.1, 0.15) is 29.1 Å². The van der Waals surface area contributed by atoms with Gasteiger partial charge in [-0.05, 0) is 43.0 Å². The minimum absolute atomic E-state index is 0.00235. The normalized spacial score (nSPS) is 25.0. The van der Waals surface area contributed by atoms with Crippen LogP contribution in [-0.2, 0) is 0 Å². The molecule has 4 rings (SSSR count). The molecule has 1 amide bonds. The Hall–Kier alpha value is -2.50. The second-order valence-corrected chi connectivity index (χ2v) is 6.65. The van der Waals surface area contributed by atoms with Crippen molar-refractivity contribution in [2.45, 2.75) is 18.9 Å². The average Bonchev–Trinajstić information content (AvgIpc) is 3.18. The number of pyridine rings is 1. The highest BCUT2D eigenvalue weighted by atomic mass is 19.1. The first-order valence-electron chi connectivity index (χ1n) is 8.43. The summed E-state index contributed by atoms with van der Waals surface area (Å²) in [5.74, 6) is -1.02. The zero-order chi connectivity index (χ0) is 17.4. The fourth-order valence-electron chi connectivity index (χ4n) is 3.98. The summed E-state index contributed by atoms with van der Waals surface area (Å²) in [6, 6.07) is 7.15. The summed E-state index contributed by atoms with van der Waals surface area (Å²) in [5, 5.41) is 0. The van der Waals surface area contributed by atoms with E-state index in [0.717, 1.165) is 25.0 Å². The van der Waals surface area contributed by atoms with E-state index in [-0.39, 0.29) is 12.0 Å². The van der Waals surface area contributed by atoms with Crippen LogP contribution in [0.2, 0.25) is 0 Å². The molecule has 3 atom stereocenters. The fraction of sp³-hybridized carbons (Fsp3) is 0.368. The third kappa shape index (κ3) is 2.97. The van der Waals surface area contributed by atoms with Gasteiger partial charge in [-0.3, -0.25) is 9.78 Å². The van der Waals surface area contributed by atoms with Gasteiger partial charge in [0.2, 0.25) is 0 Å². The Balaban J connectivity index is 1.48. The SMILES string of the molecule is O=C(c1c(F)cccc1F)N1C[C@H]2CC[C@@H](Oc3cccnc3)[C@H]2C1. The molecule has 1 aromatic carbocycles. The van der Waals surface area contributed by atoms with E-state index in [4.69, 9.17) is 4.74 Å². The van der Waals surface area contributed by atoms with Gasteiger partial charge in [-0.2, -0.15) is 0 Å². The highest BCUT2D eigenvalue weighted by Crippen LogP contribution is 2.40. The summed E-state index contributed by atoms with van der Waals surface area (Å²) in [5.41, 5.74) is -0.466. The number of halogens is 2. The van der Waals surface area contributed by atoms with Crippen LogP contribution in [0.15, 0.2) is 42.7 Å². The molecule has 2 heterocycles. The van der Waals surface area contributed by atoms with E-state index in [1.807, 2.05) is 12.1 Å². The topological polar surface area (TPSA) is 42.4 Å². The van der Waals surface area contributed by atoms with E-state index in [1.54, 1.807) is 17.3 Å². The molecule has 25 heavy (non-hydrogen) atoms. The number of hydrogen-bond acceptors (Lipinski definition) is 3. The van der Waals surface area contributed by atoms with Crippen LogP contribution in [0.1, 0.15) is 23.2 Å². The molecular weight excluding hydrogens is 326 g/mol. The molecule has 2 fully saturated rings. The summed E-state index contributed by atoms with van der Waals surface area (Å²) in [4.78, 5) is 18.2. The van der Waals surface area contributed by atoms with Gasteiger partial charge in [0.25, 0.3) is 5.91 Å². The summed E-state index contributed by atoms with van der Waals surface area (Å²) in [6.07, 6.45) is 5.21. The van der Waals surface area contributed by atoms with Crippen LogP contribution in [0.25, 0.3) is 0 Å². The highest BCUT2D eigenvalue weighted by Gasteiger charge is 2.45. The Morgan fingerprint density at radius 1 is 1.12 bits per heavy atom. The van der Waals surface area contributed by atoms with E-state index in [2.05, 4.69) is 4.98 Å². The smallest absolute Gasteiger partial charge is 0.259 e. The zero-order valence-corrected chi connectivity index (χ0v) is 13.6. The molecule has 130 valence electrons. The fourth-order valence-corrected chi connectivity index (χ4v) is 3.98. The molecule has 1 saturated carbocycles. The number of amides is 1. The van der Waals surface area contributed by atoms with Crippen LogP contribution in [0, 0.1) is 23.5 Å². The van der Waals surface area contributed by atoms with Gasteiger partial charge in [-0.15, -0.1) is 0 Å². The number of nitrogens with zero attached hydrogens (tertiary/aromatic N) is 2. The van der Waals surface area contributed by atoms with Crippen molar-refractivity contribution >= 4 is 5.91 Å². The first-order valence-corrected chi connectivity index (χ1v) is 8.43. The lowest BCUT2D eigenvalue weighted by molar-refractivity contribution is 0.0753. The number of benzene rings is 1. The number of hydrogen-bond donors (Lipinski definition) is 0. The number of carbonyl (C=O) groups is 1. The number of aromatic nitrogens is 1. The number of likely N-dealkylation sites (tertiary alicyclic amines) is 1. The molecule has 2 aromatic rings. The number of ether oxygens (including phenoxy) is 1. The van der Waals surface area contributed by atoms with Crippen molar-refractivity contribution in [3.63, 3.8) is 0 Å². The molecule has 6 heteroatoms. The minimum Gasteiger partial charge on any atom is -0.488 e. The standard InChI is InChI=1S/C19H18F2N2O2/c20-15-4-1-5-16(21)18(15)19(24)23-10-12-6-7-17(14(12)11-23)25-13-3-2-8-22-9-13/h1-5,8-9,12,14,17H,6-7,10-11H2/t12-,14+,17-/m1/s1. The number of fused-ring (bicyclic) bond motifs is 1. The van der Waals surface area contributed by atoms with Gasteiger partial charge in [0.15, 0.2) is 0 Å². The van der Waals surface area contributed by atoms with E-state index in [1.165, 1.54) is 6.07 Å². The molecule has 1 aliphatic heterocycles. The van der Waals surface area contributed by atoms with Gasteiger partial charge in [0.05, 0.1) is 6.20 Å². The maximum absolute atomic E-state index is 13.9. The van der Waals surface area contributed by atoms with Crippen molar-refractivity contribution in [3.8, 4) is 5.75 Å². The molecule has 0 unspecified atom stereocenters. The van der Waals surface area contributed by atoms with Gasteiger partial charge in [-0.25, -0.2) is 8.78 Å². The molecule has 4 nitrogen and oxygen atoms in total. The van der Waals surface area contributed by atoms with Gasteiger partial charge >= 0.3 is 0 Å². The summed E-state index contributed by atoms with van der Waals surface area (Å²) in [6.45, 7) is 0.979. The third-order valence-electron chi connectivity index (χ3n) is 5.18.